The molecule has 0 bridgehead atoms. The van der Waals surface area contributed by atoms with Gasteiger partial charge in [-0.1, -0.05) is 27.7 Å². The van der Waals surface area contributed by atoms with Crippen molar-refractivity contribution in [2.75, 3.05) is 6.26 Å². The minimum Gasteiger partial charge on any atom is -0.300 e. The van der Waals surface area contributed by atoms with Crippen molar-refractivity contribution in [2.45, 2.75) is 40.5 Å². The van der Waals surface area contributed by atoms with E-state index in [0.29, 0.717) is 6.42 Å². The molecule has 22 heavy (non-hydrogen) atoms. The molecule has 0 aliphatic carbocycles. The molecule has 9 heteroatoms. The van der Waals surface area contributed by atoms with Crippen molar-refractivity contribution in [3.8, 4) is 0 Å². The summed E-state index contributed by atoms with van der Waals surface area (Å²) in [7, 11) is -3.65. The van der Waals surface area contributed by atoms with Crippen molar-refractivity contribution in [1.29, 1.82) is 5.41 Å². The number of hydrazine groups is 1. The van der Waals surface area contributed by atoms with E-state index in [2.05, 4.69) is 0 Å². The summed E-state index contributed by atoms with van der Waals surface area (Å²) in [5.74, 6) is -3.80. The molecule has 1 unspecified atom stereocenters. The summed E-state index contributed by atoms with van der Waals surface area (Å²) in [6, 6.07) is 0. The number of amides is 1. The third-order valence-electron chi connectivity index (χ3n) is 3.38. The Morgan fingerprint density at radius 2 is 1.68 bits per heavy atom. The summed E-state index contributed by atoms with van der Waals surface area (Å²) >= 11 is 0. The lowest BCUT2D eigenvalue weighted by molar-refractivity contribution is -0.138. The highest BCUT2D eigenvalue weighted by Crippen LogP contribution is 2.22. The van der Waals surface area contributed by atoms with Gasteiger partial charge in [-0.15, -0.1) is 4.83 Å². The second-order valence-electron chi connectivity index (χ2n) is 5.63. The Kier molecular flexibility index (Phi) is 7.04. The maximum absolute atomic E-state index is 12.1. The van der Waals surface area contributed by atoms with Gasteiger partial charge in [0, 0.05) is 5.41 Å². The smallest absolute Gasteiger partial charge is 0.244 e. The van der Waals surface area contributed by atoms with Gasteiger partial charge in [-0.05, 0) is 12.8 Å². The van der Waals surface area contributed by atoms with Crippen molar-refractivity contribution < 1.29 is 22.8 Å². The average molecular weight is 333 g/mol. The van der Waals surface area contributed by atoms with Crippen LogP contribution < -0.4 is 10.3 Å². The molecule has 0 aliphatic rings. The predicted molar refractivity (Wildman–Crippen MR) is 81.7 cm³/mol. The summed E-state index contributed by atoms with van der Waals surface area (Å²) in [5, 5.41) is 7.79. The van der Waals surface area contributed by atoms with Gasteiger partial charge in [-0.2, -0.15) is 0 Å². The molecule has 3 N–H and O–H groups in total. The fourth-order valence-electron chi connectivity index (χ4n) is 1.50. The van der Waals surface area contributed by atoms with E-state index in [-0.39, 0.29) is 6.42 Å². The van der Waals surface area contributed by atoms with Crippen LogP contribution in [0.15, 0.2) is 0 Å². The van der Waals surface area contributed by atoms with Crippen molar-refractivity contribution >= 4 is 33.2 Å². The molecule has 0 aliphatic heterocycles. The van der Waals surface area contributed by atoms with E-state index in [1.807, 2.05) is 5.43 Å². The fourth-order valence-corrected chi connectivity index (χ4v) is 1.79. The van der Waals surface area contributed by atoms with Crippen LogP contribution in [-0.2, 0) is 24.4 Å². The van der Waals surface area contributed by atoms with Gasteiger partial charge in [0.05, 0.1) is 17.9 Å². The van der Waals surface area contributed by atoms with Crippen LogP contribution in [0.25, 0.3) is 0 Å². The lowest BCUT2D eigenvalue weighted by Crippen LogP contribution is -2.48. The Bertz CT molecular complexity index is 580. The minimum atomic E-state index is -3.65. The molecule has 0 radical (unpaired) electrons. The van der Waals surface area contributed by atoms with Gasteiger partial charge < -0.3 is 5.41 Å². The fraction of sp³-hybridized carbons (Fsp3) is 0.692. The molecular weight excluding hydrogens is 310 g/mol. The Labute approximate surface area is 130 Å². The van der Waals surface area contributed by atoms with Crippen LogP contribution in [0.1, 0.15) is 40.5 Å². The third-order valence-corrected chi connectivity index (χ3v) is 3.86. The number of nitrogens with one attached hydrogen (secondary N) is 3. The first-order chi connectivity index (χ1) is 9.87. The molecule has 0 aromatic rings. The number of rotatable bonds is 9. The quantitative estimate of drug-likeness (QED) is 0.314. The topological polar surface area (TPSA) is 133 Å². The van der Waals surface area contributed by atoms with Crippen LogP contribution in [0.2, 0.25) is 0 Å². The van der Waals surface area contributed by atoms with E-state index >= 15 is 0 Å². The van der Waals surface area contributed by atoms with Crippen LogP contribution in [0.3, 0.4) is 0 Å². The molecule has 0 saturated heterocycles. The maximum atomic E-state index is 12.1. The van der Waals surface area contributed by atoms with E-state index in [1.165, 1.54) is 0 Å². The lowest BCUT2D eigenvalue weighted by atomic mass is 9.80. The number of carbonyl (C=O) groups is 3. The normalized spacial score (nSPS) is 13.3. The van der Waals surface area contributed by atoms with Gasteiger partial charge in [0.2, 0.25) is 27.5 Å². The van der Waals surface area contributed by atoms with Crippen LogP contribution >= 0.6 is 0 Å². The number of hydrogen-bond acceptors (Lipinski definition) is 6. The predicted octanol–water partition coefficient (Wildman–Crippen LogP) is 0.187. The summed E-state index contributed by atoms with van der Waals surface area (Å²) in [6.07, 6.45) is 1.35. The number of Topliss-reactive ketones (excluding diaryl/α,β-unsaturated/α-hetero) is 2. The summed E-state index contributed by atoms with van der Waals surface area (Å²) < 4.78 is 21.9. The Balaban J connectivity index is 5.10. The third kappa shape index (κ3) is 5.64. The molecule has 0 heterocycles. The van der Waals surface area contributed by atoms with Crippen LogP contribution in [0.5, 0.6) is 0 Å². The zero-order chi connectivity index (χ0) is 17.7. The second kappa shape index (κ2) is 7.59. The zero-order valence-electron chi connectivity index (χ0n) is 13.4. The van der Waals surface area contributed by atoms with Crippen LogP contribution in [-0.4, -0.2) is 37.9 Å². The molecule has 0 saturated carbocycles. The van der Waals surface area contributed by atoms with E-state index in [1.54, 1.807) is 32.5 Å². The first kappa shape index (κ1) is 20.4. The Hall–Kier alpha value is -1.61. The monoisotopic (exact) mass is 333 g/mol. The summed E-state index contributed by atoms with van der Waals surface area (Å²) in [5.41, 5.74) is 0.369. The maximum Gasteiger partial charge on any atom is 0.244 e. The molecule has 0 spiro atoms. The highest BCUT2D eigenvalue weighted by Gasteiger charge is 2.37. The Morgan fingerprint density at radius 1 is 1.18 bits per heavy atom. The molecule has 0 aromatic carbocycles. The highest BCUT2D eigenvalue weighted by molar-refractivity contribution is 7.88. The van der Waals surface area contributed by atoms with Gasteiger partial charge in [0.25, 0.3) is 0 Å². The Morgan fingerprint density at radius 3 is 2.05 bits per heavy atom. The van der Waals surface area contributed by atoms with Crippen molar-refractivity contribution in [2.24, 2.45) is 11.3 Å². The minimum absolute atomic E-state index is 0.0850. The number of carbonyl (C=O) groups excluding carboxylic acids is 3. The number of sulfonamides is 1. The lowest BCUT2D eigenvalue weighted by Gasteiger charge is -2.21. The molecule has 8 nitrogen and oxygen atoms in total. The standard InChI is InChI=1S/C13H23N3O5S/c1-6-8(12(19)15-16-22(5,20)21)9(14)10(17)11(18)13(3,4)7-2/h8,14,16H,6-7H2,1-5H3,(H,15,19). The van der Waals surface area contributed by atoms with E-state index in [9.17, 15) is 22.8 Å². The second-order valence-corrected chi connectivity index (χ2v) is 7.38. The SMILES string of the molecule is CCC(C(=N)C(=O)C(=O)C(C)(C)CC)C(=O)NNS(C)(=O)=O. The first-order valence-corrected chi connectivity index (χ1v) is 8.70. The van der Waals surface area contributed by atoms with Crippen molar-refractivity contribution in [3.05, 3.63) is 0 Å². The van der Waals surface area contributed by atoms with Gasteiger partial charge >= 0.3 is 0 Å². The molecule has 1 amide bonds. The van der Waals surface area contributed by atoms with Gasteiger partial charge in [-0.3, -0.25) is 19.8 Å². The van der Waals surface area contributed by atoms with Gasteiger partial charge in [-0.25, -0.2) is 8.42 Å². The molecule has 0 rings (SSSR count). The zero-order valence-corrected chi connectivity index (χ0v) is 14.3. The number of hydrogen-bond donors (Lipinski definition) is 3. The highest BCUT2D eigenvalue weighted by atomic mass is 32.2. The first-order valence-electron chi connectivity index (χ1n) is 6.81. The van der Waals surface area contributed by atoms with Crippen molar-refractivity contribution in [1.82, 2.24) is 10.3 Å². The van der Waals surface area contributed by atoms with E-state index in [4.69, 9.17) is 5.41 Å². The molecular formula is C13H23N3O5S. The van der Waals surface area contributed by atoms with Crippen molar-refractivity contribution in [3.63, 3.8) is 0 Å². The van der Waals surface area contributed by atoms with E-state index in [0.717, 1.165) is 6.26 Å². The van der Waals surface area contributed by atoms with E-state index < -0.39 is 44.5 Å². The molecule has 0 aromatic heterocycles. The molecule has 1 atom stereocenters. The van der Waals surface area contributed by atoms with Gasteiger partial charge in [0.15, 0.2) is 0 Å². The largest absolute Gasteiger partial charge is 0.300 e. The molecule has 126 valence electrons. The number of ketones is 2. The summed E-state index contributed by atoms with van der Waals surface area (Å²) in [4.78, 5) is 37.8. The summed E-state index contributed by atoms with van der Waals surface area (Å²) in [6.45, 7) is 6.48. The molecule has 0 fully saturated rings. The van der Waals surface area contributed by atoms with Crippen LogP contribution in [0.4, 0.5) is 0 Å². The van der Waals surface area contributed by atoms with Gasteiger partial charge in [0.1, 0.15) is 0 Å². The average Bonchev–Trinajstić information content (AvgIpc) is 2.43. The van der Waals surface area contributed by atoms with Crippen LogP contribution in [0, 0.1) is 16.7 Å².